The predicted octanol–water partition coefficient (Wildman–Crippen LogP) is 3.96. The molecule has 0 saturated carbocycles. The molecule has 1 aromatic heterocycles. The summed E-state index contributed by atoms with van der Waals surface area (Å²) in [6, 6.07) is 19.8. The highest BCUT2D eigenvalue weighted by atomic mass is 16.5. The van der Waals surface area contributed by atoms with Gasteiger partial charge < -0.3 is 19.9 Å². The van der Waals surface area contributed by atoms with Gasteiger partial charge in [0.05, 0.1) is 13.5 Å². The number of H-pyrrole nitrogens is 1. The highest BCUT2D eigenvalue weighted by Gasteiger charge is 2.19. The molecule has 0 bridgehead atoms. The zero-order chi connectivity index (χ0) is 19.3. The molecule has 0 aliphatic carbocycles. The van der Waals surface area contributed by atoms with Crippen LogP contribution in [0.5, 0.6) is 0 Å². The van der Waals surface area contributed by atoms with Crippen molar-refractivity contribution in [2.75, 3.05) is 31.6 Å². The fourth-order valence-corrected chi connectivity index (χ4v) is 3.92. The molecule has 28 heavy (non-hydrogen) atoms. The molecule has 146 valence electrons. The van der Waals surface area contributed by atoms with Crippen molar-refractivity contribution in [3.63, 3.8) is 0 Å². The minimum atomic E-state index is -0.154. The van der Waals surface area contributed by atoms with Crippen LogP contribution in [0.2, 0.25) is 0 Å². The molecular formula is C23H27N3O2. The minimum absolute atomic E-state index is 0.154. The van der Waals surface area contributed by atoms with E-state index in [-0.39, 0.29) is 5.97 Å². The van der Waals surface area contributed by atoms with E-state index < -0.39 is 0 Å². The van der Waals surface area contributed by atoms with E-state index in [1.807, 2.05) is 0 Å². The van der Waals surface area contributed by atoms with Crippen molar-refractivity contribution in [1.29, 1.82) is 0 Å². The number of carbonyl (C=O) groups is 1. The van der Waals surface area contributed by atoms with E-state index in [1.165, 1.54) is 29.3 Å². The van der Waals surface area contributed by atoms with Crippen LogP contribution in [0.15, 0.2) is 54.6 Å². The number of fused-ring (bicyclic) bond motifs is 1. The Labute approximate surface area is 165 Å². The van der Waals surface area contributed by atoms with Gasteiger partial charge in [-0.25, -0.2) is 0 Å². The van der Waals surface area contributed by atoms with Gasteiger partial charge in [0.25, 0.3) is 0 Å². The Hall–Kier alpha value is -2.79. The molecule has 2 aromatic carbocycles. The molecule has 3 aromatic rings. The predicted molar refractivity (Wildman–Crippen MR) is 114 cm³/mol. The number of aromatic amines is 1. The third-order valence-corrected chi connectivity index (χ3v) is 5.54. The normalized spacial score (nSPS) is 15.1. The van der Waals surface area contributed by atoms with Gasteiger partial charge >= 0.3 is 5.97 Å². The lowest BCUT2D eigenvalue weighted by Crippen LogP contribution is -2.43. The van der Waals surface area contributed by atoms with Crippen molar-refractivity contribution in [1.82, 2.24) is 10.3 Å². The van der Waals surface area contributed by atoms with Gasteiger partial charge in [-0.15, -0.1) is 0 Å². The van der Waals surface area contributed by atoms with E-state index in [1.54, 1.807) is 0 Å². The summed E-state index contributed by atoms with van der Waals surface area (Å²) < 4.78 is 4.69. The average molecular weight is 377 g/mol. The van der Waals surface area contributed by atoms with E-state index in [0.717, 1.165) is 31.6 Å². The summed E-state index contributed by atoms with van der Waals surface area (Å²) in [5.41, 5.74) is 4.81. The highest BCUT2D eigenvalue weighted by Crippen LogP contribution is 2.28. The van der Waals surface area contributed by atoms with Crippen LogP contribution in [0.3, 0.4) is 0 Å². The van der Waals surface area contributed by atoms with Crippen molar-refractivity contribution in [3.05, 3.63) is 54.6 Å². The van der Waals surface area contributed by atoms with E-state index >= 15 is 0 Å². The lowest BCUT2D eigenvalue weighted by atomic mass is 10.0. The Kier molecular flexibility index (Phi) is 5.63. The van der Waals surface area contributed by atoms with E-state index in [9.17, 15) is 4.79 Å². The van der Waals surface area contributed by atoms with Crippen LogP contribution in [0.4, 0.5) is 5.69 Å². The van der Waals surface area contributed by atoms with Gasteiger partial charge in [-0.3, -0.25) is 4.79 Å². The van der Waals surface area contributed by atoms with Crippen LogP contribution in [-0.2, 0) is 9.53 Å². The van der Waals surface area contributed by atoms with Gasteiger partial charge in [-0.2, -0.15) is 0 Å². The summed E-state index contributed by atoms with van der Waals surface area (Å²) in [6.07, 6.45) is 2.60. The van der Waals surface area contributed by atoms with Gasteiger partial charge in [0.1, 0.15) is 0 Å². The first-order valence-electron chi connectivity index (χ1n) is 9.96. The lowest BCUT2D eigenvalue weighted by Gasteiger charge is -2.34. The second-order valence-corrected chi connectivity index (χ2v) is 7.36. The number of hydrogen-bond donors (Lipinski definition) is 2. The minimum Gasteiger partial charge on any atom is -0.469 e. The largest absolute Gasteiger partial charge is 0.469 e. The molecule has 2 heterocycles. The summed E-state index contributed by atoms with van der Waals surface area (Å²) >= 11 is 0. The smallest absolute Gasteiger partial charge is 0.306 e. The van der Waals surface area contributed by atoms with Gasteiger partial charge in [0, 0.05) is 48.0 Å². The third-order valence-electron chi connectivity index (χ3n) is 5.54. The number of para-hydroxylation sites is 1. The molecule has 0 amide bonds. The standard InChI is InChI=1S/C23H27N3O2/c1-28-23(27)9-12-24-19-10-13-26(14-11-19)20-7-4-6-17(15-20)22-16-18-5-2-3-8-21(18)25-22/h2-8,15-16,19,24-25H,9-14H2,1H3. The van der Waals surface area contributed by atoms with Gasteiger partial charge in [-0.1, -0.05) is 30.3 Å². The number of esters is 1. The molecule has 5 heteroatoms. The summed E-state index contributed by atoms with van der Waals surface area (Å²) in [4.78, 5) is 17.2. The molecule has 2 N–H and O–H groups in total. The van der Waals surface area contributed by atoms with Crippen LogP contribution < -0.4 is 10.2 Å². The van der Waals surface area contributed by atoms with Crippen molar-refractivity contribution < 1.29 is 9.53 Å². The number of nitrogens with one attached hydrogen (secondary N) is 2. The molecule has 0 radical (unpaired) electrons. The number of carbonyl (C=O) groups excluding carboxylic acids is 1. The first-order chi connectivity index (χ1) is 13.7. The number of rotatable bonds is 6. The Balaban J connectivity index is 1.38. The molecule has 1 fully saturated rings. The first-order valence-corrected chi connectivity index (χ1v) is 9.96. The van der Waals surface area contributed by atoms with Crippen LogP contribution >= 0.6 is 0 Å². The fraction of sp³-hybridized carbons (Fsp3) is 0.348. The monoisotopic (exact) mass is 377 g/mol. The number of hydrogen-bond acceptors (Lipinski definition) is 4. The second-order valence-electron chi connectivity index (χ2n) is 7.36. The lowest BCUT2D eigenvalue weighted by molar-refractivity contribution is -0.140. The van der Waals surface area contributed by atoms with Gasteiger partial charge in [-0.05, 0) is 42.7 Å². The van der Waals surface area contributed by atoms with E-state index in [2.05, 4.69) is 69.8 Å². The molecule has 5 nitrogen and oxygen atoms in total. The zero-order valence-corrected chi connectivity index (χ0v) is 16.3. The number of aromatic nitrogens is 1. The SMILES string of the molecule is COC(=O)CCNC1CCN(c2cccc(-c3cc4ccccc4[nH]3)c2)CC1. The number of methoxy groups -OCH3 is 1. The fourth-order valence-electron chi connectivity index (χ4n) is 3.92. The molecular weight excluding hydrogens is 350 g/mol. The van der Waals surface area contributed by atoms with Crippen LogP contribution in [-0.4, -0.2) is 43.7 Å². The van der Waals surface area contributed by atoms with Crippen LogP contribution in [0.25, 0.3) is 22.2 Å². The van der Waals surface area contributed by atoms with E-state index in [0.29, 0.717) is 19.0 Å². The van der Waals surface area contributed by atoms with Crippen molar-refractivity contribution in [2.24, 2.45) is 0 Å². The molecule has 4 rings (SSSR count). The quantitative estimate of drug-likeness (QED) is 0.639. The Bertz CT molecular complexity index is 909. The number of anilines is 1. The summed E-state index contributed by atoms with van der Waals surface area (Å²) in [5, 5.41) is 4.72. The Morgan fingerprint density at radius 2 is 1.96 bits per heavy atom. The molecule has 1 saturated heterocycles. The molecule has 0 unspecified atom stereocenters. The maximum absolute atomic E-state index is 11.2. The van der Waals surface area contributed by atoms with Crippen LogP contribution in [0.1, 0.15) is 19.3 Å². The number of piperidine rings is 1. The second kappa shape index (κ2) is 8.48. The molecule has 0 atom stereocenters. The number of ether oxygens (including phenoxy) is 1. The Morgan fingerprint density at radius 3 is 2.75 bits per heavy atom. The third kappa shape index (κ3) is 4.20. The number of benzene rings is 2. The summed E-state index contributed by atoms with van der Waals surface area (Å²) in [6.45, 7) is 2.73. The highest BCUT2D eigenvalue weighted by molar-refractivity contribution is 5.86. The molecule has 1 aliphatic rings. The average Bonchev–Trinajstić information content (AvgIpc) is 3.18. The van der Waals surface area contributed by atoms with Crippen LogP contribution in [0, 0.1) is 0 Å². The summed E-state index contributed by atoms with van der Waals surface area (Å²) in [7, 11) is 1.44. The molecule has 1 aliphatic heterocycles. The van der Waals surface area contributed by atoms with Crippen molar-refractivity contribution >= 4 is 22.6 Å². The van der Waals surface area contributed by atoms with E-state index in [4.69, 9.17) is 4.74 Å². The Morgan fingerprint density at radius 1 is 1.14 bits per heavy atom. The zero-order valence-electron chi connectivity index (χ0n) is 16.3. The topological polar surface area (TPSA) is 57.4 Å². The first kappa shape index (κ1) is 18.6. The molecule has 0 spiro atoms. The van der Waals surface area contributed by atoms with Crippen molar-refractivity contribution in [3.8, 4) is 11.3 Å². The van der Waals surface area contributed by atoms with Gasteiger partial charge in [0.2, 0.25) is 0 Å². The van der Waals surface area contributed by atoms with Gasteiger partial charge in [0.15, 0.2) is 0 Å². The van der Waals surface area contributed by atoms with Crippen molar-refractivity contribution in [2.45, 2.75) is 25.3 Å². The maximum Gasteiger partial charge on any atom is 0.306 e. The summed E-state index contributed by atoms with van der Waals surface area (Å²) in [5.74, 6) is -0.154. The number of nitrogens with zero attached hydrogens (tertiary/aromatic N) is 1. The maximum atomic E-state index is 11.2.